The van der Waals surface area contributed by atoms with Crippen molar-refractivity contribution >= 4 is 51.7 Å². The van der Waals surface area contributed by atoms with Crippen molar-refractivity contribution in [1.29, 1.82) is 0 Å². The Balaban J connectivity index is 1.27. The minimum Gasteiger partial charge on any atom is -0.347 e. The van der Waals surface area contributed by atoms with Crippen molar-refractivity contribution in [3.05, 3.63) is 84.4 Å². The summed E-state index contributed by atoms with van der Waals surface area (Å²) >= 11 is 0. The van der Waals surface area contributed by atoms with E-state index in [0.717, 1.165) is 29.2 Å². The molecule has 0 aromatic heterocycles. The number of hydrogen-bond acceptors (Lipinski definition) is 7. The zero-order valence-corrected chi connectivity index (χ0v) is 29.5. The highest BCUT2D eigenvalue weighted by molar-refractivity contribution is 6.38. The molecule has 3 aromatic carbocycles. The number of fused-ring (bicyclic) bond motifs is 1. The first-order valence-electron chi connectivity index (χ1n) is 17.6. The molecule has 3 aromatic rings. The maximum atomic E-state index is 14.7. The van der Waals surface area contributed by atoms with E-state index < -0.39 is 58.7 Å². The number of nitrogens with one attached hydrogen (secondary N) is 5. The fourth-order valence-electron chi connectivity index (χ4n) is 6.69. The molecule has 1 aliphatic carbocycles. The van der Waals surface area contributed by atoms with Gasteiger partial charge in [0.15, 0.2) is 0 Å². The van der Waals surface area contributed by atoms with Crippen molar-refractivity contribution in [1.82, 2.24) is 26.3 Å². The van der Waals surface area contributed by atoms with Crippen LogP contribution in [0.5, 0.6) is 0 Å². The summed E-state index contributed by atoms with van der Waals surface area (Å²) in [5, 5.41) is 13.1. The lowest BCUT2D eigenvalue weighted by Gasteiger charge is -2.35. The number of nitrogens with zero attached hydrogens (tertiary/aromatic N) is 1. The number of rotatable bonds is 11. The molecule has 12 nitrogen and oxygen atoms in total. The third kappa shape index (κ3) is 8.06. The number of carbonyl (C=O) groups is 5. The van der Waals surface area contributed by atoms with Gasteiger partial charge in [-0.1, -0.05) is 101 Å². The summed E-state index contributed by atoms with van der Waals surface area (Å²) in [6.45, 7) is 7.38. The van der Waals surface area contributed by atoms with Crippen molar-refractivity contribution in [2.45, 2.75) is 89.6 Å². The second kappa shape index (κ2) is 14.6. The molecule has 12 heteroatoms. The van der Waals surface area contributed by atoms with Gasteiger partial charge in [0, 0.05) is 17.8 Å². The summed E-state index contributed by atoms with van der Waals surface area (Å²) in [5.74, 6) is -2.50. The van der Waals surface area contributed by atoms with Crippen molar-refractivity contribution in [3.63, 3.8) is 0 Å². The third-order valence-electron chi connectivity index (χ3n) is 9.57. The van der Waals surface area contributed by atoms with E-state index in [1.54, 1.807) is 6.07 Å². The van der Waals surface area contributed by atoms with Crippen LogP contribution in [0.4, 0.5) is 10.5 Å². The molecule has 2 heterocycles. The van der Waals surface area contributed by atoms with Crippen LogP contribution in [0.2, 0.25) is 0 Å². The highest BCUT2D eigenvalue weighted by atomic mass is 16.7. The van der Waals surface area contributed by atoms with Gasteiger partial charge in [0.05, 0.1) is 24.0 Å². The van der Waals surface area contributed by atoms with E-state index in [9.17, 15) is 24.0 Å². The van der Waals surface area contributed by atoms with Crippen LogP contribution in [0, 0.1) is 5.41 Å². The summed E-state index contributed by atoms with van der Waals surface area (Å²) in [6, 6.07) is 19.0. The van der Waals surface area contributed by atoms with Crippen molar-refractivity contribution in [2.75, 3.05) is 11.9 Å². The highest BCUT2D eigenvalue weighted by Gasteiger charge is 2.54. The van der Waals surface area contributed by atoms with E-state index in [1.807, 2.05) is 101 Å². The van der Waals surface area contributed by atoms with Crippen LogP contribution < -0.4 is 26.7 Å². The lowest BCUT2D eigenvalue weighted by molar-refractivity contribution is -0.144. The van der Waals surface area contributed by atoms with Crippen molar-refractivity contribution in [2.24, 2.45) is 5.41 Å². The van der Waals surface area contributed by atoms with Crippen LogP contribution in [0.3, 0.4) is 0 Å². The second-order valence-electron chi connectivity index (χ2n) is 14.8. The lowest BCUT2D eigenvalue weighted by atomic mass is 9.85. The van der Waals surface area contributed by atoms with Gasteiger partial charge in [-0.25, -0.2) is 4.79 Å². The molecule has 0 radical (unpaired) electrons. The first-order chi connectivity index (χ1) is 24.4. The molecule has 2 aliphatic heterocycles. The van der Waals surface area contributed by atoms with Gasteiger partial charge in [-0.15, -0.1) is 0 Å². The molecule has 6 rings (SSSR count). The summed E-state index contributed by atoms with van der Waals surface area (Å²) in [7, 11) is 0. The monoisotopic (exact) mass is 694 g/mol. The maximum Gasteiger partial charge on any atom is 0.319 e. The second-order valence-corrected chi connectivity index (χ2v) is 14.8. The Labute approximate surface area is 297 Å². The van der Waals surface area contributed by atoms with E-state index in [4.69, 9.17) is 4.84 Å². The van der Waals surface area contributed by atoms with E-state index in [2.05, 4.69) is 26.7 Å². The zero-order valence-electron chi connectivity index (χ0n) is 29.5. The number of benzene rings is 3. The van der Waals surface area contributed by atoms with E-state index in [1.165, 1.54) is 4.90 Å². The Bertz CT molecular complexity index is 1850. The number of hydroxylamine groups is 1. The number of ketones is 1. The van der Waals surface area contributed by atoms with Gasteiger partial charge in [0.25, 0.3) is 5.91 Å². The number of amides is 5. The number of carbonyl (C=O) groups excluding carboxylic acids is 5. The topological polar surface area (TPSA) is 158 Å². The van der Waals surface area contributed by atoms with E-state index in [-0.39, 0.29) is 25.4 Å². The Hall–Kier alpha value is -5.23. The van der Waals surface area contributed by atoms with Crippen molar-refractivity contribution < 1.29 is 28.8 Å². The summed E-state index contributed by atoms with van der Waals surface area (Å²) in [5.41, 5.74) is 3.28. The molecule has 1 spiro atoms. The molecule has 1 saturated heterocycles. The van der Waals surface area contributed by atoms with Gasteiger partial charge < -0.3 is 26.2 Å². The average molecular weight is 695 g/mol. The molecule has 4 atom stereocenters. The van der Waals surface area contributed by atoms with Gasteiger partial charge in [0.1, 0.15) is 17.7 Å². The SMILES string of the molecule is CCC[C@H](NC(=O)[C@@H]1C[C@]2(C=C(c3ccccc3)NO2)CN1C(=O)[C@@H](NC(=O)Nc1cccc2ccccc12)C(C)(C)C)C(=O)C(=O)NC1CC1. The Morgan fingerprint density at radius 2 is 1.65 bits per heavy atom. The van der Waals surface area contributed by atoms with Gasteiger partial charge >= 0.3 is 6.03 Å². The number of urea groups is 1. The predicted octanol–water partition coefficient (Wildman–Crippen LogP) is 4.42. The zero-order chi connectivity index (χ0) is 36.3. The molecule has 5 N–H and O–H groups in total. The van der Waals surface area contributed by atoms with Gasteiger partial charge in [-0.05, 0) is 47.8 Å². The Morgan fingerprint density at radius 1 is 0.941 bits per heavy atom. The fourth-order valence-corrected chi connectivity index (χ4v) is 6.69. The van der Waals surface area contributed by atoms with Crippen LogP contribution in [-0.2, 0) is 24.0 Å². The highest BCUT2D eigenvalue weighted by Crippen LogP contribution is 2.39. The molecular formula is C39H46N6O6. The first-order valence-corrected chi connectivity index (χ1v) is 17.6. The van der Waals surface area contributed by atoms with E-state index in [0.29, 0.717) is 17.8 Å². The number of Topliss-reactive ketones (excluding diaryl/α,β-unsaturated/α-hetero) is 1. The minimum absolute atomic E-state index is 0.00100. The molecule has 0 unspecified atom stereocenters. The summed E-state index contributed by atoms with van der Waals surface area (Å²) < 4.78 is 0. The Kier molecular flexibility index (Phi) is 10.2. The minimum atomic E-state index is -1.08. The molecule has 0 bridgehead atoms. The standard InChI is InChI=1S/C39H46N6O6/c1-5-12-29(32(46)35(48)40-26-19-20-26)41-34(47)31-22-39(21-30(44-51-39)25-14-7-6-8-15-25)23-45(31)36(49)33(38(2,3)4)43-37(50)42-28-18-11-16-24-13-9-10-17-27(24)28/h6-11,13-18,21,26,29,31,33,44H,5,12,19-20,22-23H2,1-4H3,(H,40,48)(H,41,47)(H2,42,43,50)/t29-,31-,33+,39+/m0/s1. The average Bonchev–Trinajstić information content (AvgIpc) is 3.71. The molecule has 2 fully saturated rings. The van der Waals surface area contributed by atoms with Crippen LogP contribution in [0.15, 0.2) is 78.9 Å². The van der Waals surface area contributed by atoms with Gasteiger partial charge in [-0.2, -0.15) is 0 Å². The molecule has 1 saturated carbocycles. The predicted molar refractivity (Wildman–Crippen MR) is 194 cm³/mol. The number of anilines is 1. The molecular weight excluding hydrogens is 648 g/mol. The fraction of sp³-hybridized carbons (Fsp3) is 0.410. The lowest BCUT2D eigenvalue weighted by Crippen LogP contribution is -2.59. The van der Waals surface area contributed by atoms with E-state index >= 15 is 0 Å². The van der Waals surface area contributed by atoms with Crippen LogP contribution in [0.1, 0.15) is 65.4 Å². The van der Waals surface area contributed by atoms with Crippen LogP contribution in [0.25, 0.3) is 16.5 Å². The van der Waals surface area contributed by atoms with Crippen LogP contribution in [-0.4, -0.2) is 70.7 Å². The first kappa shape index (κ1) is 35.6. The van der Waals surface area contributed by atoms with Crippen molar-refractivity contribution in [3.8, 4) is 0 Å². The largest absolute Gasteiger partial charge is 0.347 e. The van der Waals surface area contributed by atoms with Crippen LogP contribution >= 0.6 is 0 Å². The normalized spacial score (nSPS) is 21.0. The molecule has 5 amide bonds. The third-order valence-corrected chi connectivity index (χ3v) is 9.57. The maximum absolute atomic E-state index is 14.7. The van der Waals surface area contributed by atoms with Gasteiger partial charge in [0.2, 0.25) is 17.6 Å². The summed E-state index contributed by atoms with van der Waals surface area (Å²) in [6.07, 6.45) is 4.39. The van der Waals surface area contributed by atoms with Gasteiger partial charge in [-0.3, -0.25) is 29.5 Å². The molecule has 51 heavy (non-hydrogen) atoms. The summed E-state index contributed by atoms with van der Waals surface area (Å²) in [4.78, 5) is 75.8. The molecule has 3 aliphatic rings. The quantitative estimate of drug-likeness (QED) is 0.186. The number of hydrogen-bond donors (Lipinski definition) is 5. The Morgan fingerprint density at radius 3 is 2.35 bits per heavy atom. The smallest absolute Gasteiger partial charge is 0.319 e. The number of likely N-dealkylation sites (tertiary alicyclic amines) is 1. The molecule has 268 valence electrons.